The van der Waals surface area contributed by atoms with E-state index >= 15 is 0 Å². The number of benzene rings is 1. The summed E-state index contributed by atoms with van der Waals surface area (Å²) in [6, 6.07) is 7.76. The Labute approximate surface area is 114 Å². The average Bonchev–Trinajstić information content (AvgIpc) is 2.46. The van der Waals surface area contributed by atoms with Crippen molar-refractivity contribution in [2.24, 2.45) is 0 Å². The first-order valence-corrected chi connectivity index (χ1v) is 6.89. The maximum absolute atomic E-state index is 4.44. The third kappa shape index (κ3) is 3.86. The Morgan fingerprint density at radius 3 is 2.58 bits per heavy atom. The molecule has 0 aliphatic carbocycles. The van der Waals surface area contributed by atoms with E-state index in [1.54, 1.807) is 0 Å². The molecule has 2 aromatic rings. The summed E-state index contributed by atoms with van der Waals surface area (Å²) < 4.78 is 0. The molecule has 0 aliphatic rings. The first-order chi connectivity index (χ1) is 9.33. The van der Waals surface area contributed by atoms with Gasteiger partial charge >= 0.3 is 0 Å². The van der Waals surface area contributed by atoms with E-state index < -0.39 is 0 Å². The van der Waals surface area contributed by atoms with Gasteiger partial charge in [0.25, 0.3) is 0 Å². The first-order valence-electron chi connectivity index (χ1n) is 6.89. The molecule has 1 heterocycles. The van der Waals surface area contributed by atoms with Crippen molar-refractivity contribution in [3.63, 3.8) is 0 Å². The van der Waals surface area contributed by atoms with E-state index in [0.717, 1.165) is 37.2 Å². The van der Waals surface area contributed by atoms with Crippen LogP contribution in [0.1, 0.15) is 20.3 Å². The lowest BCUT2D eigenvalue weighted by molar-refractivity contribution is 0.300. The first kappa shape index (κ1) is 13.7. The summed E-state index contributed by atoms with van der Waals surface area (Å²) in [5, 5.41) is 11.5. The van der Waals surface area contributed by atoms with Gasteiger partial charge in [-0.1, -0.05) is 26.0 Å². The molecule has 1 aromatic carbocycles. The Kier molecular flexibility index (Phi) is 5.03. The van der Waals surface area contributed by atoms with Gasteiger partial charge in [0.15, 0.2) is 0 Å². The molecule has 0 saturated heterocycles. The van der Waals surface area contributed by atoms with Crippen LogP contribution in [0.4, 0.5) is 5.95 Å². The number of nitrogens with one attached hydrogen (secondary N) is 1. The van der Waals surface area contributed by atoms with Gasteiger partial charge in [0.2, 0.25) is 5.95 Å². The minimum atomic E-state index is 0.603. The number of hydrogen-bond donors (Lipinski definition) is 1. The predicted molar refractivity (Wildman–Crippen MR) is 78.2 cm³/mol. The van der Waals surface area contributed by atoms with Crippen LogP contribution in [0.3, 0.4) is 0 Å². The van der Waals surface area contributed by atoms with E-state index in [0.29, 0.717) is 5.95 Å². The molecule has 2 rings (SSSR count). The number of hydrogen-bond acceptors (Lipinski definition) is 5. The maximum atomic E-state index is 4.44. The summed E-state index contributed by atoms with van der Waals surface area (Å²) in [7, 11) is 0. The van der Waals surface area contributed by atoms with Gasteiger partial charge in [0, 0.05) is 13.1 Å². The molecule has 5 nitrogen and oxygen atoms in total. The predicted octanol–water partition coefficient (Wildman–Crippen LogP) is 2.17. The lowest BCUT2D eigenvalue weighted by Gasteiger charge is -2.19. The zero-order valence-corrected chi connectivity index (χ0v) is 11.6. The molecular weight excluding hydrogens is 238 g/mol. The van der Waals surface area contributed by atoms with Gasteiger partial charge in [-0.2, -0.15) is 0 Å². The van der Waals surface area contributed by atoms with Crippen molar-refractivity contribution in [2.45, 2.75) is 20.3 Å². The normalized spacial score (nSPS) is 11.1. The highest BCUT2D eigenvalue weighted by atomic mass is 15.2. The molecule has 102 valence electrons. The number of rotatable bonds is 7. The Morgan fingerprint density at radius 1 is 1.05 bits per heavy atom. The van der Waals surface area contributed by atoms with E-state index in [1.165, 1.54) is 6.42 Å². The largest absolute Gasteiger partial charge is 0.352 e. The number of aromatic nitrogens is 3. The van der Waals surface area contributed by atoms with Crippen LogP contribution in [0, 0.1) is 0 Å². The van der Waals surface area contributed by atoms with Gasteiger partial charge in [-0.05, 0) is 31.6 Å². The van der Waals surface area contributed by atoms with Gasteiger partial charge in [-0.15, -0.1) is 10.2 Å². The molecule has 19 heavy (non-hydrogen) atoms. The van der Waals surface area contributed by atoms with E-state index in [1.807, 2.05) is 24.3 Å². The molecule has 0 aliphatic heterocycles. The van der Waals surface area contributed by atoms with Gasteiger partial charge in [0.1, 0.15) is 5.52 Å². The smallest absolute Gasteiger partial charge is 0.243 e. The molecule has 0 bridgehead atoms. The van der Waals surface area contributed by atoms with Gasteiger partial charge in [-0.25, -0.2) is 4.98 Å². The van der Waals surface area contributed by atoms with Crippen LogP contribution < -0.4 is 5.32 Å². The Balaban J connectivity index is 1.90. The molecule has 1 aromatic heterocycles. The molecule has 0 saturated carbocycles. The quantitative estimate of drug-likeness (QED) is 0.826. The number of nitrogens with zero attached hydrogens (tertiary/aromatic N) is 4. The maximum Gasteiger partial charge on any atom is 0.243 e. The standard InChI is InChI=1S/C14H21N5/c1-3-10-19(4-2)11-9-15-14-16-12-7-5-6-8-13(12)17-18-14/h5-8H,3-4,9-11H2,1-2H3,(H,15,16,18). The van der Waals surface area contributed by atoms with Crippen LogP contribution in [0.2, 0.25) is 0 Å². The second-order valence-electron chi connectivity index (χ2n) is 4.49. The minimum Gasteiger partial charge on any atom is -0.352 e. The summed E-state index contributed by atoms with van der Waals surface area (Å²) in [6.07, 6.45) is 1.18. The summed E-state index contributed by atoms with van der Waals surface area (Å²) in [4.78, 5) is 6.84. The van der Waals surface area contributed by atoms with Crippen molar-refractivity contribution in [3.05, 3.63) is 24.3 Å². The van der Waals surface area contributed by atoms with Gasteiger partial charge < -0.3 is 10.2 Å². The summed E-state index contributed by atoms with van der Waals surface area (Å²) in [5.41, 5.74) is 1.70. The van der Waals surface area contributed by atoms with Gasteiger partial charge in [-0.3, -0.25) is 0 Å². The molecule has 0 atom stereocenters. The molecule has 0 amide bonds. The average molecular weight is 259 g/mol. The number of fused-ring (bicyclic) bond motifs is 1. The van der Waals surface area contributed by atoms with Crippen molar-refractivity contribution in [2.75, 3.05) is 31.5 Å². The number of likely N-dealkylation sites (N-methyl/N-ethyl adjacent to an activating group) is 1. The summed E-state index contributed by atoms with van der Waals surface area (Å²) >= 11 is 0. The van der Waals surface area contributed by atoms with Crippen LogP contribution in [0.25, 0.3) is 11.0 Å². The van der Waals surface area contributed by atoms with Crippen molar-refractivity contribution in [1.82, 2.24) is 20.1 Å². The van der Waals surface area contributed by atoms with Crippen LogP contribution in [-0.4, -0.2) is 46.3 Å². The van der Waals surface area contributed by atoms with Crippen molar-refractivity contribution in [3.8, 4) is 0 Å². The van der Waals surface area contributed by atoms with Gasteiger partial charge in [0.05, 0.1) is 5.52 Å². The van der Waals surface area contributed by atoms with Crippen LogP contribution in [-0.2, 0) is 0 Å². The SMILES string of the molecule is CCCN(CC)CCNc1nnc2ccccc2n1. The summed E-state index contributed by atoms with van der Waals surface area (Å²) in [6.45, 7) is 8.44. The topological polar surface area (TPSA) is 53.9 Å². The molecule has 5 heteroatoms. The molecular formula is C14H21N5. The fourth-order valence-electron chi connectivity index (χ4n) is 2.03. The Hall–Kier alpha value is -1.75. The van der Waals surface area contributed by atoms with Crippen LogP contribution in [0.15, 0.2) is 24.3 Å². The zero-order valence-electron chi connectivity index (χ0n) is 11.6. The molecule has 1 N–H and O–H groups in total. The van der Waals surface area contributed by atoms with Crippen molar-refractivity contribution >= 4 is 17.0 Å². The van der Waals surface area contributed by atoms with Crippen molar-refractivity contribution < 1.29 is 0 Å². The second kappa shape index (κ2) is 6.99. The van der Waals surface area contributed by atoms with Crippen LogP contribution >= 0.6 is 0 Å². The number of para-hydroxylation sites is 1. The third-order valence-corrected chi connectivity index (χ3v) is 3.06. The molecule has 0 fully saturated rings. The minimum absolute atomic E-state index is 0.603. The summed E-state index contributed by atoms with van der Waals surface area (Å²) in [5.74, 6) is 0.603. The fourth-order valence-corrected chi connectivity index (χ4v) is 2.03. The van der Waals surface area contributed by atoms with Crippen LogP contribution in [0.5, 0.6) is 0 Å². The Bertz CT molecular complexity index is 514. The monoisotopic (exact) mass is 259 g/mol. The zero-order chi connectivity index (χ0) is 13.5. The van der Waals surface area contributed by atoms with E-state index in [4.69, 9.17) is 0 Å². The molecule has 0 spiro atoms. The lowest BCUT2D eigenvalue weighted by atomic mass is 10.3. The Morgan fingerprint density at radius 2 is 1.84 bits per heavy atom. The van der Waals surface area contributed by atoms with E-state index in [9.17, 15) is 0 Å². The van der Waals surface area contributed by atoms with Crippen molar-refractivity contribution in [1.29, 1.82) is 0 Å². The molecule has 0 unspecified atom stereocenters. The third-order valence-electron chi connectivity index (χ3n) is 3.06. The fraction of sp³-hybridized carbons (Fsp3) is 0.500. The second-order valence-corrected chi connectivity index (χ2v) is 4.49. The highest BCUT2D eigenvalue weighted by molar-refractivity contribution is 5.73. The number of anilines is 1. The van der Waals surface area contributed by atoms with E-state index in [-0.39, 0.29) is 0 Å². The lowest BCUT2D eigenvalue weighted by Crippen LogP contribution is -2.30. The van der Waals surface area contributed by atoms with E-state index in [2.05, 4.69) is 39.2 Å². The highest BCUT2D eigenvalue weighted by Crippen LogP contribution is 2.08. The molecule has 0 radical (unpaired) electrons. The highest BCUT2D eigenvalue weighted by Gasteiger charge is 2.02.